The lowest BCUT2D eigenvalue weighted by Crippen LogP contribution is -2.38. The second-order valence-corrected chi connectivity index (χ2v) is 10.1. The topological polar surface area (TPSA) is 47.6 Å². The Balaban J connectivity index is 1.17. The minimum atomic E-state index is -0.108. The molecule has 186 valence electrons. The molecule has 5 nitrogen and oxygen atoms in total. The van der Waals surface area contributed by atoms with Crippen LogP contribution in [0.1, 0.15) is 48.8 Å². The summed E-state index contributed by atoms with van der Waals surface area (Å²) in [4.78, 5) is 17.5. The number of anilines is 1. The fraction of sp³-hybridized carbons (Fsp3) is 0.300. The summed E-state index contributed by atoms with van der Waals surface area (Å²) in [6, 6.07) is 17.6. The highest BCUT2D eigenvalue weighted by molar-refractivity contribution is 6.31. The molecule has 3 heterocycles. The average molecular weight is 501 g/mol. The summed E-state index contributed by atoms with van der Waals surface area (Å²) in [6.07, 6.45) is 10.4. The lowest BCUT2D eigenvalue weighted by Gasteiger charge is -2.34. The zero-order valence-electron chi connectivity index (χ0n) is 20.9. The maximum Gasteiger partial charge on any atom is 0.270 e. The van der Waals surface area contributed by atoms with Crippen molar-refractivity contribution in [2.75, 3.05) is 18.0 Å². The molecule has 0 spiro atoms. The van der Waals surface area contributed by atoms with E-state index < -0.39 is 0 Å². The Labute approximate surface area is 218 Å². The zero-order chi connectivity index (χ0) is 25.1. The quantitative estimate of drug-likeness (QED) is 0.509. The summed E-state index contributed by atoms with van der Waals surface area (Å²) in [5.74, 6) is 0.535. The monoisotopic (exact) mass is 500 g/mol. The molecule has 5 rings (SSSR count). The van der Waals surface area contributed by atoms with E-state index in [1.165, 1.54) is 29.7 Å². The minimum absolute atomic E-state index is 0.108. The molecular formula is C30H33ClN4O. The number of carbonyl (C=O) groups is 1. The highest BCUT2D eigenvalue weighted by Crippen LogP contribution is 2.31. The van der Waals surface area contributed by atoms with Crippen LogP contribution >= 0.6 is 11.6 Å². The van der Waals surface area contributed by atoms with E-state index in [-0.39, 0.29) is 5.91 Å². The number of amides is 1. The third-order valence-corrected chi connectivity index (χ3v) is 7.47. The number of benzene rings is 2. The summed E-state index contributed by atoms with van der Waals surface area (Å²) in [5.41, 5.74) is 7.45. The fourth-order valence-corrected chi connectivity index (χ4v) is 5.26. The first-order valence-corrected chi connectivity index (χ1v) is 13.1. The van der Waals surface area contributed by atoms with Crippen LogP contribution in [-0.4, -0.2) is 23.9 Å². The van der Waals surface area contributed by atoms with Crippen molar-refractivity contribution in [2.24, 2.45) is 0 Å². The number of fused-ring (bicyclic) bond motifs is 1. The number of aryl methyl sites for hydroxylation is 1. The summed E-state index contributed by atoms with van der Waals surface area (Å²) >= 11 is 6.14. The first-order chi connectivity index (χ1) is 17.5. The Bertz CT molecular complexity index is 1230. The standard InChI is InChI=1S/C30H33ClN4O/c1-3-28-29(35-17-14-25(31)18-27(35)20-32-28)30(36)33-19-22-6-10-26(11-7-22)34-15-12-24(13-16-34)23-8-4-21(2)5-9-23/h4-11,14,17-18,20,24,32H,3,12-13,15-16,19H2,1-2H3,(H,33,36). The Morgan fingerprint density at radius 3 is 2.50 bits per heavy atom. The Kier molecular flexibility index (Phi) is 7.19. The molecule has 6 heteroatoms. The average Bonchev–Trinajstić information content (AvgIpc) is 2.92. The Morgan fingerprint density at radius 1 is 1.08 bits per heavy atom. The van der Waals surface area contributed by atoms with Gasteiger partial charge in [0.05, 0.1) is 5.70 Å². The van der Waals surface area contributed by atoms with Gasteiger partial charge < -0.3 is 20.4 Å². The van der Waals surface area contributed by atoms with E-state index in [1.54, 1.807) is 6.08 Å². The molecule has 0 atom stereocenters. The normalized spacial score (nSPS) is 17.9. The second kappa shape index (κ2) is 10.7. The van der Waals surface area contributed by atoms with E-state index in [4.69, 9.17) is 11.6 Å². The molecule has 2 aromatic rings. The molecular weight excluding hydrogens is 468 g/mol. The van der Waals surface area contributed by atoms with Gasteiger partial charge in [-0.05, 0) is 67.5 Å². The summed E-state index contributed by atoms with van der Waals surface area (Å²) in [6.45, 7) is 6.78. The van der Waals surface area contributed by atoms with Crippen LogP contribution in [0.5, 0.6) is 0 Å². The maximum atomic E-state index is 13.2. The van der Waals surface area contributed by atoms with Crippen LogP contribution < -0.4 is 15.5 Å². The number of piperidine rings is 1. The molecule has 2 aromatic carbocycles. The smallest absolute Gasteiger partial charge is 0.270 e. The van der Waals surface area contributed by atoms with Crippen LogP contribution in [0.3, 0.4) is 0 Å². The van der Waals surface area contributed by atoms with E-state index in [2.05, 4.69) is 71.0 Å². The van der Waals surface area contributed by atoms with E-state index in [9.17, 15) is 4.79 Å². The number of allylic oxidation sites excluding steroid dienone is 4. The summed E-state index contributed by atoms with van der Waals surface area (Å²) in [5, 5.41) is 6.98. The minimum Gasteiger partial charge on any atom is -0.371 e. The highest BCUT2D eigenvalue weighted by atomic mass is 35.5. The molecule has 1 amide bonds. The number of hydrogen-bond acceptors (Lipinski definition) is 4. The Hall–Kier alpha value is -3.44. The van der Waals surface area contributed by atoms with Crippen LogP contribution in [0.4, 0.5) is 5.69 Å². The van der Waals surface area contributed by atoms with Crippen molar-refractivity contribution in [3.63, 3.8) is 0 Å². The third kappa shape index (κ3) is 5.21. The summed E-state index contributed by atoms with van der Waals surface area (Å²) < 4.78 is 0. The lowest BCUT2D eigenvalue weighted by molar-refractivity contribution is -0.118. The van der Waals surface area contributed by atoms with Crippen molar-refractivity contribution >= 4 is 23.2 Å². The van der Waals surface area contributed by atoms with Crippen molar-refractivity contribution in [1.29, 1.82) is 0 Å². The predicted molar refractivity (Wildman–Crippen MR) is 147 cm³/mol. The van der Waals surface area contributed by atoms with Gasteiger partial charge in [-0.15, -0.1) is 0 Å². The molecule has 1 saturated heterocycles. The molecule has 0 saturated carbocycles. The molecule has 3 aliphatic heterocycles. The first kappa shape index (κ1) is 24.3. The molecule has 2 N–H and O–H groups in total. The van der Waals surface area contributed by atoms with Gasteiger partial charge in [0.1, 0.15) is 5.70 Å². The molecule has 3 aliphatic rings. The van der Waals surface area contributed by atoms with Crippen LogP contribution in [-0.2, 0) is 11.3 Å². The van der Waals surface area contributed by atoms with E-state index >= 15 is 0 Å². The van der Waals surface area contributed by atoms with Crippen molar-refractivity contribution in [3.8, 4) is 0 Å². The van der Waals surface area contributed by atoms with E-state index in [0.29, 0.717) is 23.2 Å². The number of nitrogens with zero attached hydrogens (tertiary/aromatic N) is 2. The molecule has 0 bridgehead atoms. The predicted octanol–water partition coefficient (Wildman–Crippen LogP) is 6.01. The molecule has 0 radical (unpaired) electrons. The van der Waals surface area contributed by atoms with Crippen molar-refractivity contribution < 1.29 is 4.79 Å². The van der Waals surface area contributed by atoms with Gasteiger partial charge >= 0.3 is 0 Å². The third-order valence-electron chi connectivity index (χ3n) is 7.23. The van der Waals surface area contributed by atoms with Crippen molar-refractivity contribution in [1.82, 2.24) is 15.5 Å². The van der Waals surface area contributed by atoms with E-state index in [0.717, 1.165) is 36.5 Å². The van der Waals surface area contributed by atoms with Crippen LogP contribution in [0.15, 0.2) is 95.2 Å². The number of carbonyl (C=O) groups excluding carboxylic acids is 1. The largest absolute Gasteiger partial charge is 0.371 e. The SMILES string of the molecule is CCC1=C(C(=O)NCc2ccc(N3CCC(c4ccc(C)cc4)CC3)cc2)N2C=CC(Cl)=CC2=CN1. The number of nitrogens with one attached hydrogen (secondary N) is 2. The lowest BCUT2D eigenvalue weighted by atomic mass is 9.89. The zero-order valence-corrected chi connectivity index (χ0v) is 21.7. The number of rotatable bonds is 6. The molecule has 0 aromatic heterocycles. The van der Waals surface area contributed by atoms with Crippen LogP contribution in [0, 0.1) is 6.92 Å². The fourth-order valence-electron chi connectivity index (χ4n) is 5.10. The van der Waals surface area contributed by atoms with Gasteiger partial charge in [0, 0.05) is 48.5 Å². The second-order valence-electron chi connectivity index (χ2n) is 9.63. The summed E-state index contributed by atoms with van der Waals surface area (Å²) in [7, 11) is 0. The molecule has 0 aliphatic carbocycles. The maximum absolute atomic E-state index is 13.2. The molecule has 0 unspecified atom stereocenters. The van der Waals surface area contributed by atoms with Gasteiger partial charge in [-0.2, -0.15) is 0 Å². The van der Waals surface area contributed by atoms with E-state index in [1.807, 2.05) is 30.3 Å². The van der Waals surface area contributed by atoms with Gasteiger partial charge in [-0.25, -0.2) is 0 Å². The van der Waals surface area contributed by atoms with Gasteiger partial charge in [0.15, 0.2) is 0 Å². The van der Waals surface area contributed by atoms with Crippen molar-refractivity contribution in [2.45, 2.75) is 45.6 Å². The molecule has 36 heavy (non-hydrogen) atoms. The van der Waals surface area contributed by atoms with Gasteiger partial charge in [0.25, 0.3) is 5.91 Å². The van der Waals surface area contributed by atoms with Gasteiger partial charge in [-0.1, -0.05) is 60.5 Å². The highest BCUT2D eigenvalue weighted by Gasteiger charge is 2.27. The van der Waals surface area contributed by atoms with Crippen LogP contribution in [0.2, 0.25) is 0 Å². The van der Waals surface area contributed by atoms with Gasteiger partial charge in [0.2, 0.25) is 0 Å². The number of hydrogen-bond donors (Lipinski definition) is 2. The van der Waals surface area contributed by atoms with Gasteiger partial charge in [-0.3, -0.25) is 4.79 Å². The van der Waals surface area contributed by atoms with Crippen molar-refractivity contribution in [3.05, 3.63) is 112 Å². The number of halogens is 1. The molecule has 1 fully saturated rings. The Morgan fingerprint density at radius 2 is 1.81 bits per heavy atom. The first-order valence-electron chi connectivity index (χ1n) is 12.7. The van der Waals surface area contributed by atoms with Crippen LogP contribution in [0.25, 0.3) is 0 Å².